The number of aromatic nitrogens is 4. The molecule has 0 aromatic carbocycles. The van der Waals surface area contributed by atoms with Gasteiger partial charge in [-0.3, -0.25) is 15.0 Å². The highest BCUT2D eigenvalue weighted by atomic mass is 19.1. The molecule has 8 nitrogen and oxygen atoms in total. The maximum Gasteiger partial charge on any atom is 0.160 e. The second-order valence-corrected chi connectivity index (χ2v) is 7.42. The topological polar surface area (TPSA) is 100 Å². The first kappa shape index (κ1) is 24.7. The zero-order chi connectivity index (χ0) is 24.3. The summed E-state index contributed by atoms with van der Waals surface area (Å²) >= 11 is 0. The number of hydrogen-bond acceptors (Lipinski definition) is 7. The van der Waals surface area contributed by atoms with Gasteiger partial charge in [0, 0.05) is 61.5 Å². The number of aliphatic imine (C=N–C) groups is 2. The van der Waals surface area contributed by atoms with Crippen LogP contribution in [-0.2, 0) is 19.4 Å². The molecule has 0 saturated heterocycles. The van der Waals surface area contributed by atoms with Crippen LogP contribution in [-0.4, -0.2) is 46.6 Å². The first-order chi connectivity index (χ1) is 16.5. The molecule has 0 fully saturated rings. The third-order valence-electron chi connectivity index (χ3n) is 4.89. The van der Waals surface area contributed by atoms with Crippen molar-refractivity contribution >= 4 is 13.1 Å². The predicted molar refractivity (Wildman–Crippen MR) is 129 cm³/mol. The van der Waals surface area contributed by atoms with Crippen LogP contribution in [0.3, 0.4) is 0 Å². The van der Waals surface area contributed by atoms with Crippen molar-refractivity contribution in [3.8, 4) is 11.3 Å². The van der Waals surface area contributed by atoms with Crippen LogP contribution < -0.4 is 10.6 Å². The van der Waals surface area contributed by atoms with Crippen LogP contribution in [0.25, 0.3) is 11.3 Å². The van der Waals surface area contributed by atoms with E-state index in [4.69, 9.17) is 0 Å². The van der Waals surface area contributed by atoms with Gasteiger partial charge in [0.1, 0.15) is 30.0 Å². The minimum atomic E-state index is -0.530. The number of pyridine rings is 2. The molecule has 0 atom stereocenters. The van der Waals surface area contributed by atoms with Crippen molar-refractivity contribution in [1.82, 2.24) is 30.6 Å². The highest BCUT2D eigenvalue weighted by Crippen LogP contribution is 2.22. The van der Waals surface area contributed by atoms with Gasteiger partial charge in [-0.25, -0.2) is 23.7 Å². The lowest BCUT2D eigenvalue weighted by Crippen LogP contribution is -2.16. The Bertz CT molecular complexity index is 1190. The van der Waals surface area contributed by atoms with Crippen molar-refractivity contribution in [1.29, 1.82) is 0 Å². The maximum absolute atomic E-state index is 15.2. The molecule has 0 aliphatic heterocycles. The molecular weight excluding hydrogens is 438 g/mol. The Hall–Kier alpha value is -3.92. The molecule has 0 aliphatic carbocycles. The highest BCUT2D eigenvalue weighted by molar-refractivity contribution is 5.63. The van der Waals surface area contributed by atoms with Crippen LogP contribution in [0, 0.1) is 12.7 Å². The summed E-state index contributed by atoms with van der Waals surface area (Å²) in [4.78, 5) is 24.2. The maximum atomic E-state index is 15.2. The predicted octanol–water partition coefficient (Wildman–Crippen LogP) is 3.34. The lowest BCUT2D eigenvalue weighted by Gasteiger charge is -2.11. The lowest BCUT2D eigenvalue weighted by atomic mass is 10.1. The molecule has 3 rings (SSSR count). The fourth-order valence-corrected chi connectivity index (χ4v) is 3.23. The van der Waals surface area contributed by atoms with Crippen LogP contribution in [0.1, 0.15) is 22.5 Å². The molecule has 0 spiro atoms. The average molecular weight is 465 g/mol. The molecule has 0 saturated carbocycles. The molecule has 0 bridgehead atoms. The third-order valence-corrected chi connectivity index (χ3v) is 4.89. The number of nitrogens with zero attached hydrogens (tertiary/aromatic N) is 6. The van der Waals surface area contributed by atoms with Gasteiger partial charge in [-0.05, 0) is 50.0 Å². The number of hydrogen-bond donors (Lipinski definition) is 2. The Morgan fingerprint density at radius 3 is 2.79 bits per heavy atom. The van der Waals surface area contributed by atoms with Gasteiger partial charge in [0.25, 0.3) is 0 Å². The second kappa shape index (κ2) is 12.4. The van der Waals surface area contributed by atoms with Gasteiger partial charge in [0.05, 0.1) is 0 Å². The molecule has 3 aromatic rings. The van der Waals surface area contributed by atoms with E-state index in [2.05, 4.69) is 47.3 Å². The van der Waals surface area contributed by atoms with Gasteiger partial charge in [0.2, 0.25) is 0 Å². The monoisotopic (exact) mass is 464 g/mol. The summed E-state index contributed by atoms with van der Waals surface area (Å²) in [6, 6.07) is 4.81. The van der Waals surface area contributed by atoms with E-state index in [1.165, 1.54) is 18.6 Å². The van der Waals surface area contributed by atoms with Crippen LogP contribution in [0.15, 0.2) is 64.7 Å². The van der Waals surface area contributed by atoms with E-state index < -0.39 is 11.6 Å². The van der Waals surface area contributed by atoms with E-state index in [-0.39, 0.29) is 24.5 Å². The smallest absolute Gasteiger partial charge is 0.160 e. The number of halogens is 2. The minimum absolute atomic E-state index is 0.0370. The van der Waals surface area contributed by atoms with Crippen molar-refractivity contribution in [2.75, 3.05) is 13.6 Å². The number of allylic oxidation sites excluding steroid dienone is 1. The molecule has 2 N–H and O–H groups in total. The van der Waals surface area contributed by atoms with E-state index in [9.17, 15) is 4.39 Å². The number of nitrogens with one attached hydrogen (secondary N) is 2. The first-order valence-electron chi connectivity index (χ1n) is 10.6. The summed E-state index contributed by atoms with van der Waals surface area (Å²) in [5.74, 6) is -1.05. The number of rotatable bonds is 11. The summed E-state index contributed by atoms with van der Waals surface area (Å²) in [5, 5.41) is 5.94. The van der Waals surface area contributed by atoms with Crippen LogP contribution in [0.4, 0.5) is 8.78 Å². The molecule has 3 aromatic heterocycles. The molecule has 0 unspecified atom stereocenters. The minimum Gasteiger partial charge on any atom is -0.364 e. The van der Waals surface area contributed by atoms with Crippen LogP contribution >= 0.6 is 0 Å². The summed E-state index contributed by atoms with van der Waals surface area (Å²) < 4.78 is 29.9. The fourth-order valence-electron chi connectivity index (χ4n) is 3.23. The van der Waals surface area contributed by atoms with E-state index >= 15 is 4.39 Å². The molecule has 0 amide bonds. The Morgan fingerprint density at radius 2 is 2.06 bits per heavy atom. The van der Waals surface area contributed by atoms with Crippen molar-refractivity contribution < 1.29 is 8.78 Å². The number of likely N-dealkylation sites (N-methyl/N-ethyl adjacent to an activating group) is 1. The van der Waals surface area contributed by atoms with Crippen LogP contribution in [0.5, 0.6) is 0 Å². The van der Waals surface area contributed by atoms with Gasteiger partial charge < -0.3 is 10.6 Å². The molecule has 0 aliphatic rings. The van der Waals surface area contributed by atoms with Crippen molar-refractivity contribution in [3.63, 3.8) is 0 Å². The Morgan fingerprint density at radius 1 is 1.21 bits per heavy atom. The molecule has 3 heterocycles. The number of aryl methyl sites for hydroxylation is 1. The summed E-state index contributed by atoms with van der Waals surface area (Å²) in [6.45, 7) is 5.97. The zero-order valence-electron chi connectivity index (χ0n) is 19.1. The van der Waals surface area contributed by atoms with Crippen LogP contribution in [0.2, 0.25) is 0 Å². The van der Waals surface area contributed by atoms with E-state index in [0.29, 0.717) is 29.7 Å². The molecular formula is C24H26F2N8. The van der Waals surface area contributed by atoms with Crippen molar-refractivity contribution in [3.05, 3.63) is 83.1 Å². The normalized spacial score (nSPS) is 12.0. The van der Waals surface area contributed by atoms with Gasteiger partial charge in [0.15, 0.2) is 5.82 Å². The van der Waals surface area contributed by atoms with Gasteiger partial charge >= 0.3 is 0 Å². The quantitative estimate of drug-likeness (QED) is 0.334. The van der Waals surface area contributed by atoms with Crippen molar-refractivity contribution in [2.45, 2.75) is 26.3 Å². The molecule has 34 heavy (non-hydrogen) atoms. The largest absolute Gasteiger partial charge is 0.364 e. The Balaban J connectivity index is 1.78. The third kappa shape index (κ3) is 6.79. The zero-order valence-corrected chi connectivity index (χ0v) is 19.1. The van der Waals surface area contributed by atoms with E-state index in [1.54, 1.807) is 24.5 Å². The SMILES string of the molecule is C=N/C=N\C(NCc1cnc(-c2ccnc(C)c2)c(F)c1)=C(\F)Cc1cncnc1CCNC. The van der Waals surface area contributed by atoms with E-state index in [1.807, 2.05) is 14.0 Å². The molecule has 10 heteroatoms. The molecule has 176 valence electrons. The standard InChI is InChI=1S/C24H26F2N8/c1-16-8-18(4-7-30-16)23-20(25)9-17(11-31-23)12-32-24(34-14-28-3)21(26)10-19-13-29-15-33-22(19)5-6-27-2/h4,7-9,11,13-15,27,32H,3,5-6,10,12H2,1-2H3/b24-21+,34-14-. The summed E-state index contributed by atoms with van der Waals surface area (Å²) in [7, 11) is 1.84. The van der Waals surface area contributed by atoms with Gasteiger partial charge in [-0.2, -0.15) is 0 Å². The summed E-state index contributed by atoms with van der Waals surface area (Å²) in [5.41, 5.74) is 3.55. The van der Waals surface area contributed by atoms with Gasteiger partial charge in [-0.15, -0.1) is 0 Å². The Labute approximate surface area is 197 Å². The fraction of sp³-hybridized carbons (Fsp3) is 0.250. The molecule has 0 radical (unpaired) electrons. The van der Waals surface area contributed by atoms with Crippen molar-refractivity contribution in [2.24, 2.45) is 9.98 Å². The average Bonchev–Trinajstić information content (AvgIpc) is 2.83. The Kier molecular flexibility index (Phi) is 8.98. The van der Waals surface area contributed by atoms with Gasteiger partial charge in [-0.1, -0.05) is 0 Å². The summed E-state index contributed by atoms with van der Waals surface area (Å²) in [6.07, 6.45) is 7.89. The second-order valence-electron chi connectivity index (χ2n) is 7.42. The highest BCUT2D eigenvalue weighted by Gasteiger charge is 2.13. The first-order valence-corrected chi connectivity index (χ1v) is 10.6. The van der Waals surface area contributed by atoms with E-state index in [0.717, 1.165) is 17.7 Å². The lowest BCUT2D eigenvalue weighted by molar-refractivity contribution is 0.572.